The largest absolute Gasteiger partial charge is 0.377 e. The summed E-state index contributed by atoms with van der Waals surface area (Å²) in [6.07, 6.45) is 2.55. The molecular formula is C17H20N2O3S. The minimum atomic E-state index is -0.362. The van der Waals surface area contributed by atoms with Crippen LogP contribution in [0.2, 0.25) is 0 Å². The molecule has 23 heavy (non-hydrogen) atoms. The van der Waals surface area contributed by atoms with E-state index in [9.17, 15) is 10.1 Å². The summed E-state index contributed by atoms with van der Waals surface area (Å²) in [5.74, 6) is 0. The zero-order valence-electron chi connectivity index (χ0n) is 12.9. The minimum Gasteiger partial charge on any atom is -0.377 e. The number of nitrogens with zero attached hydrogens (tertiary/aromatic N) is 2. The molecule has 0 saturated carbocycles. The summed E-state index contributed by atoms with van der Waals surface area (Å²) in [5.41, 5.74) is 1.22. The van der Waals surface area contributed by atoms with Gasteiger partial charge in [-0.3, -0.25) is 15.0 Å². The lowest BCUT2D eigenvalue weighted by molar-refractivity contribution is -0.384. The number of benzene rings is 1. The van der Waals surface area contributed by atoms with Crippen molar-refractivity contribution in [2.24, 2.45) is 0 Å². The lowest BCUT2D eigenvalue weighted by Gasteiger charge is -2.24. The maximum absolute atomic E-state index is 10.8. The number of thiophene rings is 1. The Hall–Kier alpha value is -1.76. The molecule has 0 N–H and O–H groups in total. The number of ether oxygens (including phenoxy) is 1. The molecule has 0 radical (unpaired) electrons. The van der Waals surface area contributed by atoms with Gasteiger partial charge in [-0.2, -0.15) is 0 Å². The highest BCUT2D eigenvalue weighted by Crippen LogP contribution is 2.20. The summed E-state index contributed by atoms with van der Waals surface area (Å²) >= 11 is 1.75. The van der Waals surface area contributed by atoms with Crippen LogP contribution >= 0.6 is 11.3 Å². The average Bonchev–Trinajstić information content (AvgIpc) is 3.21. The monoisotopic (exact) mass is 332 g/mol. The Balaban J connectivity index is 1.67. The Morgan fingerprint density at radius 3 is 2.70 bits per heavy atom. The maximum Gasteiger partial charge on any atom is 0.269 e. The molecule has 2 aromatic rings. The molecule has 5 nitrogen and oxygen atoms in total. The van der Waals surface area contributed by atoms with Gasteiger partial charge in [0.2, 0.25) is 0 Å². The topological polar surface area (TPSA) is 55.6 Å². The van der Waals surface area contributed by atoms with E-state index in [2.05, 4.69) is 22.4 Å². The van der Waals surface area contributed by atoms with Crippen LogP contribution < -0.4 is 0 Å². The van der Waals surface area contributed by atoms with Crippen molar-refractivity contribution >= 4 is 17.0 Å². The van der Waals surface area contributed by atoms with Gasteiger partial charge in [-0.05, 0) is 29.9 Å². The standard InChI is InChI=1S/C17H20N2O3S/c20-19(21)15-7-5-14(6-8-15)11-18(12-16-3-1-9-22-16)13-17-4-2-10-23-17/h2,4-8,10,16H,1,3,9,11-13H2. The van der Waals surface area contributed by atoms with Crippen molar-refractivity contribution in [3.05, 3.63) is 62.3 Å². The van der Waals surface area contributed by atoms with E-state index in [1.165, 1.54) is 4.88 Å². The highest BCUT2D eigenvalue weighted by molar-refractivity contribution is 7.09. The van der Waals surface area contributed by atoms with Crippen molar-refractivity contribution in [2.75, 3.05) is 13.2 Å². The normalized spacial score (nSPS) is 17.7. The van der Waals surface area contributed by atoms with Gasteiger partial charge >= 0.3 is 0 Å². The molecular weight excluding hydrogens is 312 g/mol. The summed E-state index contributed by atoms with van der Waals surface area (Å²) < 4.78 is 5.76. The van der Waals surface area contributed by atoms with E-state index in [-0.39, 0.29) is 10.6 Å². The fourth-order valence-corrected chi connectivity index (χ4v) is 3.61. The number of rotatable bonds is 7. The molecule has 0 spiro atoms. The summed E-state index contributed by atoms with van der Waals surface area (Å²) in [5, 5.41) is 12.8. The SMILES string of the molecule is O=[N+]([O-])c1ccc(CN(Cc2cccs2)CC2CCCO2)cc1. The molecule has 1 aliphatic rings. The number of nitro benzene ring substituents is 1. The lowest BCUT2D eigenvalue weighted by Crippen LogP contribution is -2.31. The first-order valence-corrected chi connectivity index (χ1v) is 8.68. The van der Waals surface area contributed by atoms with Crippen molar-refractivity contribution < 1.29 is 9.66 Å². The first kappa shape index (κ1) is 16.1. The van der Waals surface area contributed by atoms with Gasteiger partial charge in [-0.15, -0.1) is 11.3 Å². The first-order valence-electron chi connectivity index (χ1n) is 7.80. The Morgan fingerprint density at radius 1 is 1.26 bits per heavy atom. The van der Waals surface area contributed by atoms with E-state index in [4.69, 9.17) is 4.74 Å². The molecule has 0 amide bonds. The Labute approximate surface area is 139 Å². The van der Waals surface area contributed by atoms with Crippen molar-refractivity contribution in [1.82, 2.24) is 4.90 Å². The predicted molar refractivity (Wildman–Crippen MR) is 90.5 cm³/mol. The second-order valence-corrected chi connectivity index (χ2v) is 6.84. The van der Waals surface area contributed by atoms with Crippen molar-refractivity contribution in [3.63, 3.8) is 0 Å². The van der Waals surface area contributed by atoms with Gasteiger partial charge in [0.25, 0.3) is 5.69 Å². The van der Waals surface area contributed by atoms with E-state index >= 15 is 0 Å². The second kappa shape index (κ2) is 7.68. The molecule has 1 aromatic heterocycles. The smallest absolute Gasteiger partial charge is 0.269 e. The molecule has 0 bridgehead atoms. The second-order valence-electron chi connectivity index (χ2n) is 5.81. The quantitative estimate of drug-likeness (QED) is 0.571. The molecule has 6 heteroatoms. The molecule has 122 valence electrons. The summed E-state index contributed by atoms with van der Waals surface area (Å²) in [6, 6.07) is 11.0. The third-order valence-corrected chi connectivity index (χ3v) is 4.86. The fourth-order valence-electron chi connectivity index (χ4n) is 2.87. The van der Waals surface area contributed by atoms with E-state index in [0.717, 1.165) is 44.6 Å². The molecule has 3 rings (SSSR count). The van der Waals surface area contributed by atoms with Crippen LogP contribution in [-0.2, 0) is 17.8 Å². The summed E-state index contributed by atoms with van der Waals surface area (Å²) in [4.78, 5) is 14.1. The van der Waals surface area contributed by atoms with Crippen molar-refractivity contribution in [3.8, 4) is 0 Å². The third-order valence-electron chi connectivity index (χ3n) is 4.00. The third kappa shape index (κ3) is 4.60. The molecule has 1 aromatic carbocycles. The molecule has 0 aliphatic carbocycles. The van der Waals surface area contributed by atoms with E-state index in [1.807, 2.05) is 12.1 Å². The van der Waals surface area contributed by atoms with Crippen LogP contribution in [0, 0.1) is 10.1 Å². The Kier molecular flexibility index (Phi) is 5.38. The van der Waals surface area contributed by atoms with Crippen LogP contribution in [0.3, 0.4) is 0 Å². The average molecular weight is 332 g/mol. The Morgan fingerprint density at radius 2 is 2.09 bits per heavy atom. The van der Waals surface area contributed by atoms with Crippen LogP contribution in [0.15, 0.2) is 41.8 Å². The number of hydrogen-bond donors (Lipinski definition) is 0. The zero-order valence-corrected chi connectivity index (χ0v) is 13.7. The van der Waals surface area contributed by atoms with E-state index < -0.39 is 0 Å². The van der Waals surface area contributed by atoms with Crippen LogP contribution in [-0.4, -0.2) is 29.1 Å². The fraction of sp³-hybridized carbons (Fsp3) is 0.412. The van der Waals surface area contributed by atoms with Crippen molar-refractivity contribution in [2.45, 2.75) is 32.0 Å². The van der Waals surface area contributed by atoms with Crippen molar-refractivity contribution in [1.29, 1.82) is 0 Å². The van der Waals surface area contributed by atoms with Gasteiger partial charge in [0.1, 0.15) is 0 Å². The van der Waals surface area contributed by atoms with Crippen LogP contribution in [0.5, 0.6) is 0 Å². The Bertz CT molecular complexity index is 622. The number of nitro groups is 1. The van der Waals surface area contributed by atoms with E-state index in [0.29, 0.717) is 6.10 Å². The highest BCUT2D eigenvalue weighted by atomic mass is 32.1. The zero-order chi connectivity index (χ0) is 16.1. The van der Waals surface area contributed by atoms with Gasteiger partial charge in [0.15, 0.2) is 0 Å². The van der Waals surface area contributed by atoms with Gasteiger partial charge in [0.05, 0.1) is 11.0 Å². The molecule has 1 atom stereocenters. The maximum atomic E-state index is 10.8. The first-order chi connectivity index (χ1) is 11.2. The highest BCUT2D eigenvalue weighted by Gasteiger charge is 2.20. The molecule has 1 saturated heterocycles. The van der Waals surface area contributed by atoms with E-state index in [1.54, 1.807) is 23.5 Å². The molecule has 1 unspecified atom stereocenters. The van der Waals surface area contributed by atoms with Crippen LogP contribution in [0.1, 0.15) is 23.3 Å². The summed E-state index contributed by atoms with van der Waals surface area (Å²) in [6.45, 7) is 3.41. The number of non-ortho nitro benzene ring substituents is 1. The molecule has 1 aliphatic heterocycles. The number of hydrogen-bond acceptors (Lipinski definition) is 5. The molecule has 2 heterocycles. The molecule has 1 fully saturated rings. The van der Waals surface area contributed by atoms with Gasteiger partial charge < -0.3 is 4.74 Å². The predicted octanol–water partition coefficient (Wildman–Crippen LogP) is 3.84. The van der Waals surface area contributed by atoms with Gasteiger partial charge in [-0.1, -0.05) is 18.2 Å². The van der Waals surface area contributed by atoms with Crippen LogP contribution in [0.25, 0.3) is 0 Å². The minimum absolute atomic E-state index is 0.137. The van der Waals surface area contributed by atoms with Gasteiger partial charge in [-0.25, -0.2) is 0 Å². The lowest BCUT2D eigenvalue weighted by atomic mass is 10.1. The summed E-state index contributed by atoms with van der Waals surface area (Å²) in [7, 11) is 0. The van der Waals surface area contributed by atoms with Gasteiger partial charge in [0, 0.05) is 43.3 Å². The van der Waals surface area contributed by atoms with Crippen LogP contribution in [0.4, 0.5) is 5.69 Å².